The van der Waals surface area contributed by atoms with Crippen LogP contribution < -0.4 is 4.74 Å². The Balaban J connectivity index is 1.53. The summed E-state index contributed by atoms with van der Waals surface area (Å²) in [5.74, 6) is 2.38. The molecule has 0 saturated carbocycles. The molecule has 1 aliphatic heterocycles. The number of methoxy groups -OCH3 is 1. The molecule has 0 aliphatic carbocycles. The number of likely N-dealkylation sites (tertiary alicyclic amines) is 1. The third-order valence-electron chi connectivity index (χ3n) is 4.77. The first-order chi connectivity index (χ1) is 12.2. The average Bonchev–Trinajstić information content (AvgIpc) is 3.26. The number of nitrogens with zero attached hydrogens (tertiary/aromatic N) is 3. The van der Waals surface area contributed by atoms with Gasteiger partial charge in [-0.25, -0.2) is 0 Å². The summed E-state index contributed by atoms with van der Waals surface area (Å²) in [4.78, 5) is 19.0. The molecule has 0 radical (unpaired) electrons. The number of aryl methyl sites for hydroxylation is 3. The standard InChI is InChI=1S/C19H25N3O3/c1-14-20-18(21-25-14)11-10-16-7-5-13-22(16)19(23)12-9-15-6-3-4-8-17(15)24-2/h3-4,6,8,16H,5,7,9-13H2,1-2H3. The number of aromatic nitrogens is 2. The van der Waals surface area contributed by atoms with E-state index in [0.717, 1.165) is 49.4 Å². The van der Waals surface area contributed by atoms with Crippen molar-refractivity contribution in [3.8, 4) is 5.75 Å². The fraction of sp³-hybridized carbons (Fsp3) is 0.526. The summed E-state index contributed by atoms with van der Waals surface area (Å²) in [5.41, 5.74) is 1.08. The van der Waals surface area contributed by atoms with Crippen LogP contribution in [0.15, 0.2) is 28.8 Å². The van der Waals surface area contributed by atoms with Crippen LogP contribution in [0.3, 0.4) is 0 Å². The van der Waals surface area contributed by atoms with Crippen molar-refractivity contribution in [3.05, 3.63) is 41.5 Å². The number of para-hydroxylation sites is 1. The van der Waals surface area contributed by atoms with Crippen LogP contribution in [-0.2, 0) is 17.6 Å². The Labute approximate surface area is 148 Å². The van der Waals surface area contributed by atoms with E-state index < -0.39 is 0 Å². The second kappa shape index (κ2) is 8.14. The predicted molar refractivity (Wildman–Crippen MR) is 93.4 cm³/mol. The zero-order valence-corrected chi connectivity index (χ0v) is 14.9. The van der Waals surface area contributed by atoms with Gasteiger partial charge in [-0.3, -0.25) is 4.79 Å². The highest BCUT2D eigenvalue weighted by Gasteiger charge is 2.28. The molecule has 6 nitrogen and oxygen atoms in total. The van der Waals surface area contributed by atoms with E-state index in [-0.39, 0.29) is 11.9 Å². The van der Waals surface area contributed by atoms with Crippen molar-refractivity contribution >= 4 is 5.91 Å². The van der Waals surface area contributed by atoms with Gasteiger partial charge in [0.15, 0.2) is 5.82 Å². The van der Waals surface area contributed by atoms with Gasteiger partial charge in [0.05, 0.1) is 7.11 Å². The Morgan fingerprint density at radius 2 is 2.20 bits per heavy atom. The average molecular weight is 343 g/mol. The number of hydrogen-bond donors (Lipinski definition) is 0. The molecule has 1 aromatic carbocycles. The highest BCUT2D eigenvalue weighted by atomic mass is 16.5. The van der Waals surface area contributed by atoms with Gasteiger partial charge in [0.25, 0.3) is 0 Å². The van der Waals surface area contributed by atoms with Crippen molar-refractivity contribution in [3.63, 3.8) is 0 Å². The lowest BCUT2D eigenvalue weighted by Crippen LogP contribution is -2.36. The Morgan fingerprint density at radius 1 is 1.36 bits per heavy atom. The summed E-state index contributed by atoms with van der Waals surface area (Å²) >= 11 is 0. The smallest absolute Gasteiger partial charge is 0.223 e. The Morgan fingerprint density at radius 3 is 2.96 bits per heavy atom. The van der Waals surface area contributed by atoms with E-state index in [9.17, 15) is 4.79 Å². The van der Waals surface area contributed by atoms with Crippen molar-refractivity contribution in [2.45, 2.75) is 51.5 Å². The summed E-state index contributed by atoms with van der Waals surface area (Å²) in [5, 5.41) is 3.94. The van der Waals surface area contributed by atoms with E-state index in [1.54, 1.807) is 14.0 Å². The zero-order chi connectivity index (χ0) is 17.6. The van der Waals surface area contributed by atoms with Crippen molar-refractivity contribution in [2.24, 2.45) is 0 Å². The van der Waals surface area contributed by atoms with E-state index in [1.807, 2.05) is 29.2 Å². The molecule has 6 heteroatoms. The van der Waals surface area contributed by atoms with Gasteiger partial charge in [-0.15, -0.1) is 0 Å². The lowest BCUT2D eigenvalue weighted by molar-refractivity contribution is -0.132. The van der Waals surface area contributed by atoms with Gasteiger partial charge in [0.2, 0.25) is 11.8 Å². The summed E-state index contributed by atoms with van der Waals surface area (Å²) in [6.45, 7) is 2.64. The molecule has 134 valence electrons. The van der Waals surface area contributed by atoms with Gasteiger partial charge < -0.3 is 14.2 Å². The Kier molecular flexibility index (Phi) is 5.68. The maximum atomic E-state index is 12.7. The third-order valence-corrected chi connectivity index (χ3v) is 4.77. The fourth-order valence-corrected chi connectivity index (χ4v) is 3.50. The van der Waals surface area contributed by atoms with Crippen molar-refractivity contribution < 1.29 is 14.1 Å². The van der Waals surface area contributed by atoms with Crippen LogP contribution in [0.25, 0.3) is 0 Å². The molecule has 1 saturated heterocycles. The van der Waals surface area contributed by atoms with E-state index >= 15 is 0 Å². The third kappa shape index (κ3) is 4.38. The highest BCUT2D eigenvalue weighted by Crippen LogP contribution is 2.24. The molecule has 1 fully saturated rings. The molecule has 1 unspecified atom stereocenters. The molecule has 3 rings (SSSR count). The summed E-state index contributed by atoms with van der Waals surface area (Å²) in [6, 6.07) is 8.16. The van der Waals surface area contributed by atoms with Gasteiger partial charge in [-0.1, -0.05) is 23.4 Å². The molecule has 0 spiro atoms. The molecule has 1 aliphatic rings. The van der Waals surface area contributed by atoms with Crippen LogP contribution in [0.2, 0.25) is 0 Å². The normalized spacial score (nSPS) is 17.0. The second-order valence-corrected chi connectivity index (χ2v) is 6.46. The number of ether oxygens (including phenoxy) is 1. The fourth-order valence-electron chi connectivity index (χ4n) is 3.50. The molecule has 2 aromatic rings. The van der Waals surface area contributed by atoms with Gasteiger partial charge in [-0.05, 0) is 37.3 Å². The minimum Gasteiger partial charge on any atom is -0.496 e. The first-order valence-corrected chi connectivity index (χ1v) is 8.88. The monoisotopic (exact) mass is 343 g/mol. The predicted octanol–water partition coefficient (Wildman–Crippen LogP) is 2.94. The number of carbonyl (C=O) groups excluding carboxylic acids is 1. The van der Waals surface area contributed by atoms with E-state index in [0.29, 0.717) is 18.7 Å². The highest BCUT2D eigenvalue weighted by molar-refractivity contribution is 5.77. The molecule has 0 N–H and O–H groups in total. The molecular formula is C19H25N3O3. The SMILES string of the molecule is COc1ccccc1CCC(=O)N1CCCC1CCc1noc(C)n1. The number of rotatable bonds is 7. The van der Waals surface area contributed by atoms with E-state index in [1.165, 1.54) is 0 Å². The quantitative estimate of drug-likeness (QED) is 0.773. The van der Waals surface area contributed by atoms with Crippen LogP contribution in [0, 0.1) is 6.92 Å². The van der Waals surface area contributed by atoms with E-state index in [2.05, 4.69) is 10.1 Å². The van der Waals surface area contributed by atoms with Crippen LogP contribution in [0.4, 0.5) is 0 Å². The summed E-state index contributed by atoms with van der Waals surface area (Å²) in [6.07, 6.45) is 4.97. The maximum Gasteiger partial charge on any atom is 0.223 e. The summed E-state index contributed by atoms with van der Waals surface area (Å²) in [7, 11) is 1.66. The maximum absolute atomic E-state index is 12.7. The van der Waals surface area contributed by atoms with Crippen molar-refractivity contribution in [1.29, 1.82) is 0 Å². The van der Waals surface area contributed by atoms with E-state index in [4.69, 9.17) is 9.26 Å². The van der Waals surface area contributed by atoms with Crippen molar-refractivity contribution in [2.75, 3.05) is 13.7 Å². The van der Waals surface area contributed by atoms with Gasteiger partial charge in [-0.2, -0.15) is 4.98 Å². The van der Waals surface area contributed by atoms with Crippen molar-refractivity contribution in [1.82, 2.24) is 15.0 Å². The first-order valence-electron chi connectivity index (χ1n) is 8.88. The minimum atomic E-state index is 0.220. The molecule has 1 atom stereocenters. The van der Waals surface area contributed by atoms with Gasteiger partial charge in [0, 0.05) is 32.4 Å². The Bertz CT molecular complexity index is 713. The molecule has 2 heterocycles. The van der Waals surface area contributed by atoms with Gasteiger partial charge in [0.1, 0.15) is 5.75 Å². The topological polar surface area (TPSA) is 68.5 Å². The second-order valence-electron chi connectivity index (χ2n) is 6.46. The van der Waals surface area contributed by atoms with Crippen LogP contribution >= 0.6 is 0 Å². The number of benzene rings is 1. The zero-order valence-electron chi connectivity index (χ0n) is 14.9. The first kappa shape index (κ1) is 17.5. The molecule has 25 heavy (non-hydrogen) atoms. The lowest BCUT2D eigenvalue weighted by Gasteiger charge is -2.24. The largest absolute Gasteiger partial charge is 0.496 e. The summed E-state index contributed by atoms with van der Waals surface area (Å²) < 4.78 is 10.4. The van der Waals surface area contributed by atoms with Gasteiger partial charge >= 0.3 is 0 Å². The van der Waals surface area contributed by atoms with Crippen LogP contribution in [-0.4, -0.2) is 40.6 Å². The number of hydrogen-bond acceptors (Lipinski definition) is 5. The van der Waals surface area contributed by atoms with Crippen LogP contribution in [0.1, 0.15) is 43.0 Å². The Hall–Kier alpha value is -2.37. The molecular weight excluding hydrogens is 318 g/mol. The molecule has 1 aromatic heterocycles. The lowest BCUT2D eigenvalue weighted by atomic mass is 10.1. The molecule has 1 amide bonds. The molecule has 0 bridgehead atoms. The van der Waals surface area contributed by atoms with Crippen LogP contribution in [0.5, 0.6) is 5.75 Å². The number of carbonyl (C=O) groups is 1. The minimum absolute atomic E-state index is 0.220. The number of amides is 1.